The van der Waals surface area contributed by atoms with Crippen LogP contribution in [0.5, 0.6) is 0 Å². The summed E-state index contributed by atoms with van der Waals surface area (Å²) >= 11 is 7.58. The molecule has 1 amide bonds. The molecule has 1 fully saturated rings. The van der Waals surface area contributed by atoms with E-state index in [4.69, 9.17) is 11.6 Å². The van der Waals surface area contributed by atoms with Crippen LogP contribution >= 0.6 is 22.9 Å². The number of hydrogen-bond acceptors (Lipinski definition) is 5. The first-order valence-corrected chi connectivity index (χ1v) is 12.3. The molecule has 10 heteroatoms. The standard InChI is InChI=1S/C20H21ClN4O3S2/c1-14-5-6-15(13-17(14)30(27,28)24-9-3-2-4-10-24)22-18(26)8-7-16-19(21)23-20-25(16)11-12-29-20/h5-8,11-13H,2-4,9-10H2,1H3,(H,22,26)/b8-7+. The number of imidazole rings is 1. The number of halogens is 1. The number of benzene rings is 1. The van der Waals surface area contributed by atoms with Crippen molar-refractivity contribution in [3.8, 4) is 0 Å². The Bertz CT molecular complexity index is 1220. The lowest BCUT2D eigenvalue weighted by molar-refractivity contribution is -0.111. The number of hydrogen-bond donors (Lipinski definition) is 1. The van der Waals surface area contributed by atoms with E-state index >= 15 is 0 Å². The zero-order valence-corrected chi connectivity index (χ0v) is 18.7. The van der Waals surface area contributed by atoms with Crippen molar-refractivity contribution in [3.05, 3.63) is 52.3 Å². The van der Waals surface area contributed by atoms with Crippen LogP contribution in [0.4, 0.5) is 5.69 Å². The Balaban J connectivity index is 1.53. The average molecular weight is 465 g/mol. The maximum absolute atomic E-state index is 13.0. The number of aromatic nitrogens is 2. The first-order chi connectivity index (χ1) is 14.4. The fourth-order valence-corrected chi connectivity index (χ4v) is 6.24. The summed E-state index contributed by atoms with van der Waals surface area (Å²) in [6.07, 6.45) is 7.55. The van der Waals surface area contributed by atoms with Crippen molar-refractivity contribution in [2.75, 3.05) is 18.4 Å². The third kappa shape index (κ3) is 4.15. The smallest absolute Gasteiger partial charge is 0.248 e. The number of piperidine rings is 1. The number of carbonyl (C=O) groups is 1. The third-order valence-corrected chi connectivity index (χ3v) is 8.11. The fourth-order valence-electron chi connectivity index (χ4n) is 3.46. The van der Waals surface area contributed by atoms with Gasteiger partial charge in [0.15, 0.2) is 10.1 Å². The van der Waals surface area contributed by atoms with E-state index < -0.39 is 10.0 Å². The van der Waals surface area contributed by atoms with E-state index in [0.717, 1.165) is 24.2 Å². The number of rotatable bonds is 5. The summed E-state index contributed by atoms with van der Waals surface area (Å²) < 4.78 is 29.4. The van der Waals surface area contributed by atoms with Crippen LogP contribution in [0.1, 0.15) is 30.5 Å². The molecule has 0 unspecified atom stereocenters. The Morgan fingerprint density at radius 1 is 1.27 bits per heavy atom. The first kappa shape index (κ1) is 21.0. The van der Waals surface area contributed by atoms with Crippen molar-refractivity contribution in [2.24, 2.45) is 0 Å². The van der Waals surface area contributed by atoms with Crippen molar-refractivity contribution < 1.29 is 13.2 Å². The highest BCUT2D eigenvalue weighted by Crippen LogP contribution is 2.26. The zero-order valence-electron chi connectivity index (χ0n) is 16.3. The minimum absolute atomic E-state index is 0.227. The van der Waals surface area contributed by atoms with Gasteiger partial charge in [0.1, 0.15) is 0 Å². The summed E-state index contributed by atoms with van der Waals surface area (Å²) in [5.74, 6) is -0.388. The van der Waals surface area contributed by atoms with Gasteiger partial charge in [-0.2, -0.15) is 4.31 Å². The molecule has 3 heterocycles. The van der Waals surface area contributed by atoms with Crippen LogP contribution in [-0.2, 0) is 14.8 Å². The molecule has 0 atom stereocenters. The number of thiazole rings is 1. The summed E-state index contributed by atoms with van der Waals surface area (Å²) in [5.41, 5.74) is 1.69. The molecular formula is C20H21ClN4O3S2. The molecule has 1 aliphatic heterocycles. The third-order valence-electron chi connectivity index (χ3n) is 5.04. The summed E-state index contributed by atoms with van der Waals surface area (Å²) in [4.78, 5) is 17.6. The molecule has 1 aromatic carbocycles. The van der Waals surface area contributed by atoms with Gasteiger partial charge in [0, 0.05) is 36.4 Å². The Morgan fingerprint density at radius 2 is 2.03 bits per heavy atom. The van der Waals surface area contributed by atoms with Crippen molar-refractivity contribution in [2.45, 2.75) is 31.1 Å². The van der Waals surface area contributed by atoms with E-state index in [0.29, 0.717) is 35.2 Å². The van der Waals surface area contributed by atoms with Crippen molar-refractivity contribution >= 4 is 55.6 Å². The second-order valence-electron chi connectivity index (χ2n) is 7.11. The molecule has 3 aromatic rings. The highest BCUT2D eigenvalue weighted by atomic mass is 35.5. The Labute approximate surface area is 184 Å². The molecule has 1 aliphatic rings. The lowest BCUT2D eigenvalue weighted by Gasteiger charge is -2.26. The van der Waals surface area contributed by atoms with Crippen molar-refractivity contribution in [1.29, 1.82) is 0 Å². The highest BCUT2D eigenvalue weighted by Gasteiger charge is 2.27. The molecule has 158 valence electrons. The van der Waals surface area contributed by atoms with Gasteiger partial charge in [0.2, 0.25) is 15.9 Å². The normalized spacial score (nSPS) is 15.8. The van der Waals surface area contributed by atoms with E-state index in [2.05, 4.69) is 10.3 Å². The molecule has 0 spiro atoms. The predicted octanol–water partition coefficient (Wildman–Crippen LogP) is 4.18. The largest absolute Gasteiger partial charge is 0.322 e. The molecule has 0 radical (unpaired) electrons. The maximum Gasteiger partial charge on any atom is 0.248 e. The van der Waals surface area contributed by atoms with Crippen LogP contribution < -0.4 is 5.32 Å². The SMILES string of the molecule is Cc1ccc(NC(=O)/C=C/c2c(Cl)nc3sccn23)cc1S(=O)(=O)N1CCCCC1. The van der Waals surface area contributed by atoms with Gasteiger partial charge in [0.25, 0.3) is 0 Å². The van der Waals surface area contributed by atoms with Gasteiger partial charge in [-0.15, -0.1) is 11.3 Å². The van der Waals surface area contributed by atoms with Crippen LogP contribution in [0.3, 0.4) is 0 Å². The Hall–Kier alpha value is -2.20. The maximum atomic E-state index is 13.0. The number of nitrogens with one attached hydrogen (secondary N) is 1. The molecular weight excluding hydrogens is 444 g/mol. The van der Waals surface area contributed by atoms with Gasteiger partial charge < -0.3 is 5.32 Å². The number of sulfonamides is 1. The predicted molar refractivity (Wildman–Crippen MR) is 120 cm³/mol. The second-order valence-corrected chi connectivity index (χ2v) is 10.2. The molecule has 0 bridgehead atoms. The van der Waals surface area contributed by atoms with Gasteiger partial charge in [-0.25, -0.2) is 13.4 Å². The molecule has 0 aliphatic carbocycles. The van der Waals surface area contributed by atoms with Gasteiger partial charge >= 0.3 is 0 Å². The van der Waals surface area contributed by atoms with Crippen LogP contribution in [0, 0.1) is 6.92 Å². The zero-order chi connectivity index (χ0) is 21.3. The van der Waals surface area contributed by atoms with E-state index in [-0.39, 0.29) is 10.8 Å². The van der Waals surface area contributed by atoms with Crippen molar-refractivity contribution in [1.82, 2.24) is 13.7 Å². The number of fused-ring (bicyclic) bond motifs is 1. The Kier molecular flexibility index (Phi) is 5.97. The molecule has 2 aromatic heterocycles. The van der Waals surface area contributed by atoms with Gasteiger partial charge in [-0.3, -0.25) is 9.20 Å². The lowest BCUT2D eigenvalue weighted by Crippen LogP contribution is -2.36. The second kappa shape index (κ2) is 8.50. The number of carbonyl (C=O) groups excluding carboxylic acids is 1. The van der Waals surface area contributed by atoms with Crippen LogP contribution in [0.2, 0.25) is 5.15 Å². The fraction of sp³-hybridized carbons (Fsp3) is 0.300. The van der Waals surface area contributed by atoms with Gasteiger partial charge in [-0.05, 0) is 43.5 Å². The monoisotopic (exact) mass is 464 g/mol. The molecule has 0 saturated carbocycles. The van der Waals surface area contributed by atoms with E-state index in [1.165, 1.54) is 27.8 Å². The number of aryl methyl sites for hydroxylation is 1. The first-order valence-electron chi connectivity index (χ1n) is 9.57. The summed E-state index contributed by atoms with van der Waals surface area (Å²) in [6, 6.07) is 4.92. The summed E-state index contributed by atoms with van der Waals surface area (Å²) in [5, 5.41) is 4.93. The molecule has 30 heavy (non-hydrogen) atoms. The molecule has 1 N–H and O–H groups in total. The van der Waals surface area contributed by atoms with Gasteiger partial charge in [0.05, 0.1) is 10.6 Å². The number of amides is 1. The molecule has 1 saturated heterocycles. The lowest BCUT2D eigenvalue weighted by atomic mass is 10.2. The highest BCUT2D eigenvalue weighted by molar-refractivity contribution is 7.89. The Morgan fingerprint density at radius 3 is 2.80 bits per heavy atom. The van der Waals surface area contributed by atoms with Crippen molar-refractivity contribution in [3.63, 3.8) is 0 Å². The van der Waals surface area contributed by atoms with Crippen LogP contribution in [-0.4, -0.2) is 41.1 Å². The van der Waals surface area contributed by atoms with E-state index in [1.807, 2.05) is 11.6 Å². The average Bonchev–Trinajstić information content (AvgIpc) is 3.29. The van der Waals surface area contributed by atoms with E-state index in [9.17, 15) is 13.2 Å². The number of nitrogens with zero attached hydrogens (tertiary/aromatic N) is 3. The van der Waals surface area contributed by atoms with E-state index in [1.54, 1.807) is 29.5 Å². The number of anilines is 1. The molecule has 4 rings (SSSR count). The summed E-state index contributed by atoms with van der Waals surface area (Å²) in [6.45, 7) is 2.82. The van der Waals surface area contributed by atoms with Gasteiger partial charge in [-0.1, -0.05) is 24.1 Å². The van der Waals surface area contributed by atoms with Crippen LogP contribution in [0.15, 0.2) is 40.7 Å². The minimum Gasteiger partial charge on any atom is -0.322 e. The quantitative estimate of drug-likeness (QED) is 0.574. The summed E-state index contributed by atoms with van der Waals surface area (Å²) in [7, 11) is -3.59. The topological polar surface area (TPSA) is 83.8 Å². The molecule has 7 nitrogen and oxygen atoms in total. The minimum atomic E-state index is -3.59. The van der Waals surface area contributed by atoms with Crippen LogP contribution in [0.25, 0.3) is 11.0 Å².